The van der Waals surface area contributed by atoms with Gasteiger partial charge in [0.2, 0.25) is 0 Å². The molecule has 5 nitrogen and oxygen atoms in total. The molecule has 6 heteroatoms. The fourth-order valence-electron chi connectivity index (χ4n) is 2.04. The van der Waals surface area contributed by atoms with Crippen LogP contribution in [0.5, 0.6) is 5.75 Å². The highest BCUT2D eigenvalue weighted by atomic mass is 35.5. The Morgan fingerprint density at radius 3 is 2.43 bits per heavy atom. The summed E-state index contributed by atoms with van der Waals surface area (Å²) in [4.78, 5) is 23.0. The summed E-state index contributed by atoms with van der Waals surface area (Å²) in [7, 11) is 0. The smallest absolute Gasteiger partial charge is 0.305 e. The van der Waals surface area contributed by atoms with E-state index >= 15 is 0 Å². The van der Waals surface area contributed by atoms with Crippen LogP contribution in [0.1, 0.15) is 44.0 Å². The van der Waals surface area contributed by atoms with Gasteiger partial charge in [0.05, 0.1) is 11.4 Å². The van der Waals surface area contributed by atoms with E-state index < -0.39 is 17.9 Å². The van der Waals surface area contributed by atoms with Crippen molar-refractivity contribution in [2.45, 2.75) is 39.7 Å². The molecular formula is C15H20ClNO4. The highest BCUT2D eigenvalue weighted by Gasteiger charge is 2.23. The molecule has 0 fully saturated rings. The molecule has 1 atom stereocenters. The van der Waals surface area contributed by atoms with Crippen molar-refractivity contribution in [2.24, 2.45) is 5.41 Å². The lowest BCUT2D eigenvalue weighted by atomic mass is 9.87. The Morgan fingerprint density at radius 1 is 1.33 bits per heavy atom. The van der Waals surface area contributed by atoms with Crippen LogP contribution in [0.15, 0.2) is 18.2 Å². The van der Waals surface area contributed by atoms with Gasteiger partial charge in [0.15, 0.2) is 0 Å². The fourth-order valence-corrected chi connectivity index (χ4v) is 2.22. The van der Waals surface area contributed by atoms with Gasteiger partial charge in [0.1, 0.15) is 5.75 Å². The lowest BCUT2D eigenvalue weighted by molar-refractivity contribution is -0.137. The van der Waals surface area contributed by atoms with Crippen molar-refractivity contribution in [1.29, 1.82) is 0 Å². The molecule has 1 aromatic carbocycles. The van der Waals surface area contributed by atoms with Crippen molar-refractivity contribution in [3.05, 3.63) is 28.8 Å². The predicted molar refractivity (Wildman–Crippen MR) is 80.7 cm³/mol. The Labute approximate surface area is 128 Å². The number of rotatable bonds is 5. The summed E-state index contributed by atoms with van der Waals surface area (Å²) in [5, 5.41) is 21.1. The molecule has 0 radical (unpaired) electrons. The Hall–Kier alpha value is -1.75. The number of hydrogen-bond donors (Lipinski definition) is 3. The average molecular weight is 314 g/mol. The monoisotopic (exact) mass is 313 g/mol. The number of carbonyl (C=O) groups is 2. The molecule has 0 aromatic heterocycles. The second-order valence-electron chi connectivity index (χ2n) is 6.20. The number of nitrogens with one attached hydrogen (secondary N) is 1. The Morgan fingerprint density at radius 2 is 1.95 bits per heavy atom. The highest BCUT2D eigenvalue weighted by molar-refractivity contribution is 6.32. The number of halogens is 1. The minimum absolute atomic E-state index is 0.0771. The highest BCUT2D eigenvalue weighted by Crippen LogP contribution is 2.25. The zero-order valence-corrected chi connectivity index (χ0v) is 13.1. The molecule has 3 N–H and O–H groups in total. The molecule has 116 valence electrons. The minimum Gasteiger partial charge on any atom is -0.506 e. The van der Waals surface area contributed by atoms with E-state index in [4.69, 9.17) is 16.7 Å². The third kappa shape index (κ3) is 6.04. The molecular weight excluding hydrogens is 294 g/mol. The number of hydrogen-bond acceptors (Lipinski definition) is 3. The maximum absolute atomic E-state index is 12.1. The standard InChI is InChI=1S/C15H20ClNO4/c1-15(2,3)8-10(7-13(19)20)17-14(21)9-4-5-12(18)11(16)6-9/h4-6,10,18H,7-8H2,1-3H3,(H,17,21)(H,19,20). The molecule has 1 unspecified atom stereocenters. The van der Waals surface area contributed by atoms with Crippen molar-refractivity contribution in [2.75, 3.05) is 0 Å². The first-order valence-electron chi connectivity index (χ1n) is 6.59. The normalized spacial score (nSPS) is 12.8. The van der Waals surface area contributed by atoms with E-state index in [0.717, 1.165) is 0 Å². The summed E-state index contributed by atoms with van der Waals surface area (Å²) in [5.74, 6) is -1.48. The van der Waals surface area contributed by atoms with Crippen LogP contribution in [0.3, 0.4) is 0 Å². The van der Waals surface area contributed by atoms with E-state index in [-0.39, 0.29) is 28.2 Å². The third-order valence-corrected chi connectivity index (χ3v) is 3.13. The summed E-state index contributed by atoms with van der Waals surface area (Å²) in [6.45, 7) is 5.93. The van der Waals surface area contributed by atoms with E-state index in [1.807, 2.05) is 20.8 Å². The van der Waals surface area contributed by atoms with Gasteiger partial charge in [-0.3, -0.25) is 9.59 Å². The summed E-state index contributed by atoms with van der Waals surface area (Å²) in [5.41, 5.74) is 0.169. The zero-order valence-electron chi connectivity index (χ0n) is 12.3. The first-order valence-corrected chi connectivity index (χ1v) is 6.97. The summed E-state index contributed by atoms with van der Waals surface area (Å²) in [6.07, 6.45) is 0.395. The van der Waals surface area contributed by atoms with Gasteiger partial charge in [-0.05, 0) is 30.0 Å². The van der Waals surface area contributed by atoms with Crippen molar-refractivity contribution in [3.8, 4) is 5.75 Å². The lowest BCUT2D eigenvalue weighted by Crippen LogP contribution is -2.39. The summed E-state index contributed by atoms with van der Waals surface area (Å²) < 4.78 is 0. The Kier molecular flexibility index (Phi) is 5.61. The van der Waals surface area contributed by atoms with E-state index in [1.54, 1.807) is 0 Å². The van der Waals surface area contributed by atoms with Crippen molar-refractivity contribution in [3.63, 3.8) is 0 Å². The third-order valence-electron chi connectivity index (χ3n) is 2.82. The molecule has 0 aliphatic rings. The minimum atomic E-state index is -0.965. The second-order valence-corrected chi connectivity index (χ2v) is 6.61. The van der Waals surface area contributed by atoms with Crippen LogP contribution in [0.4, 0.5) is 0 Å². The van der Waals surface area contributed by atoms with Crippen LogP contribution in [-0.2, 0) is 4.79 Å². The quantitative estimate of drug-likeness (QED) is 0.779. The van der Waals surface area contributed by atoms with Crippen molar-refractivity contribution < 1.29 is 19.8 Å². The van der Waals surface area contributed by atoms with Crippen LogP contribution in [0, 0.1) is 5.41 Å². The van der Waals surface area contributed by atoms with E-state index in [1.165, 1.54) is 18.2 Å². The Bertz CT molecular complexity index is 537. The number of benzene rings is 1. The molecule has 0 saturated carbocycles. The second kappa shape index (κ2) is 6.80. The van der Waals surface area contributed by atoms with Crippen LogP contribution >= 0.6 is 11.6 Å². The molecule has 0 saturated heterocycles. The van der Waals surface area contributed by atoms with Gasteiger partial charge in [-0.2, -0.15) is 0 Å². The molecule has 1 aromatic rings. The predicted octanol–water partition coefficient (Wildman–Crippen LogP) is 3.05. The number of amides is 1. The van der Waals surface area contributed by atoms with Crippen molar-refractivity contribution in [1.82, 2.24) is 5.32 Å². The Balaban J connectivity index is 2.83. The molecule has 1 amide bonds. The molecule has 0 heterocycles. The molecule has 0 aliphatic carbocycles. The van der Waals surface area contributed by atoms with Crippen LogP contribution < -0.4 is 5.32 Å². The lowest BCUT2D eigenvalue weighted by Gasteiger charge is -2.25. The molecule has 0 aliphatic heterocycles. The summed E-state index contributed by atoms with van der Waals surface area (Å²) >= 11 is 5.76. The maximum atomic E-state index is 12.1. The van der Waals surface area contributed by atoms with Gasteiger partial charge >= 0.3 is 5.97 Å². The zero-order chi connectivity index (χ0) is 16.2. The fraction of sp³-hybridized carbons (Fsp3) is 0.467. The topological polar surface area (TPSA) is 86.6 Å². The molecule has 1 rings (SSSR count). The van der Waals surface area contributed by atoms with E-state index in [2.05, 4.69) is 5.32 Å². The molecule has 21 heavy (non-hydrogen) atoms. The number of phenols is 1. The van der Waals surface area contributed by atoms with E-state index in [9.17, 15) is 14.7 Å². The largest absolute Gasteiger partial charge is 0.506 e. The summed E-state index contributed by atoms with van der Waals surface area (Å²) in [6, 6.07) is 3.64. The first kappa shape index (κ1) is 17.3. The van der Waals surface area contributed by atoms with Crippen LogP contribution in [-0.4, -0.2) is 28.1 Å². The maximum Gasteiger partial charge on any atom is 0.305 e. The first-order chi connectivity index (χ1) is 9.58. The molecule has 0 spiro atoms. The van der Waals surface area contributed by atoms with Gasteiger partial charge in [-0.15, -0.1) is 0 Å². The van der Waals surface area contributed by atoms with Gasteiger partial charge in [0, 0.05) is 11.6 Å². The van der Waals surface area contributed by atoms with Gasteiger partial charge in [-0.25, -0.2) is 0 Å². The number of aliphatic carboxylic acids is 1. The SMILES string of the molecule is CC(C)(C)CC(CC(=O)O)NC(=O)c1ccc(O)c(Cl)c1. The van der Waals surface area contributed by atoms with Gasteiger partial charge < -0.3 is 15.5 Å². The van der Waals surface area contributed by atoms with Gasteiger partial charge in [-0.1, -0.05) is 32.4 Å². The van der Waals surface area contributed by atoms with Crippen LogP contribution in [0.25, 0.3) is 0 Å². The average Bonchev–Trinajstić information content (AvgIpc) is 2.29. The number of carboxylic acids is 1. The van der Waals surface area contributed by atoms with Crippen molar-refractivity contribution >= 4 is 23.5 Å². The van der Waals surface area contributed by atoms with Gasteiger partial charge in [0.25, 0.3) is 5.91 Å². The number of carboxylic acid groups (broad SMARTS) is 1. The number of carbonyl (C=O) groups excluding carboxylic acids is 1. The van der Waals surface area contributed by atoms with Crippen LogP contribution in [0.2, 0.25) is 5.02 Å². The number of phenolic OH excluding ortho intramolecular Hbond substituents is 1. The number of aromatic hydroxyl groups is 1. The van der Waals surface area contributed by atoms with E-state index in [0.29, 0.717) is 6.42 Å². The molecule has 0 bridgehead atoms.